The molecule has 62 valence electrons. The number of rotatable bonds is 4. The lowest BCUT2D eigenvalue weighted by Gasteiger charge is -2.09. The van der Waals surface area contributed by atoms with Gasteiger partial charge in [0.15, 0.2) is 0 Å². The third-order valence-corrected chi connectivity index (χ3v) is 2.43. The zero-order chi connectivity index (χ0) is 8.10. The Bertz CT molecular complexity index is 186. The van der Waals surface area contributed by atoms with Gasteiger partial charge in [0, 0.05) is 30.2 Å². The van der Waals surface area contributed by atoms with Crippen molar-refractivity contribution in [2.24, 2.45) is 5.73 Å². The highest BCUT2D eigenvalue weighted by molar-refractivity contribution is 7.09. The molecule has 1 atom stereocenters. The van der Waals surface area contributed by atoms with Crippen molar-refractivity contribution in [3.05, 3.63) is 16.6 Å². The molecule has 1 aromatic heterocycles. The molecule has 0 aromatic carbocycles. The van der Waals surface area contributed by atoms with Crippen molar-refractivity contribution in [3.63, 3.8) is 0 Å². The van der Waals surface area contributed by atoms with E-state index in [0.717, 1.165) is 6.54 Å². The van der Waals surface area contributed by atoms with E-state index in [1.807, 2.05) is 11.7 Å². The molecule has 0 bridgehead atoms. The molecule has 1 heterocycles. The summed E-state index contributed by atoms with van der Waals surface area (Å²) in [6.45, 7) is 3.66. The Kier molecular flexibility index (Phi) is 3.48. The van der Waals surface area contributed by atoms with Gasteiger partial charge in [0.05, 0.1) is 5.51 Å². The Morgan fingerprint density at radius 2 is 2.64 bits per heavy atom. The van der Waals surface area contributed by atoms with Gasteiger partial charge in [0.25, 0.3) is 0 Å². The average Bonchev–Trinajstić information content (AvgIpc) is 2.52. The Morgan fingerprint density at radius 3 is 3.18 bits per heavy atom. The maximum atomic E-state index is 5.36. The lowest BCUT2D eigenvalue weighted by atomic mass is 10.3. The second-order valence-electron chi connectivity index (χ2n) is 2.37. The van der Waals surface area contributed by atoms with Crippen molar-refractivity contribution in [3.8, 4) is 0 Å². The second-order valence-corrected chi connectivity index (χ2v) is 3.29. The van der Waals surface area contributed by atoms with Crippen LogP contribution in [0.15, 0.2) is 11.7 Å². The van der Waals surface area contributed by atoms with Crippen molar-refractivity contribution >= 4 is 11.3 Å². The minimum atomic E-state index is 0.381. The number of aromatic nitrogens is 1. The SMILES string of the molecule is CC(NCCN)c1cncs1. The second kappa shape index (κ2) is 4.43. The van der Waals surface area contributed by atoms with E-state index in [0.29, 0.717) is 12.6 Å². The van der Waals surface area contributed by atoms with Crippen molar-refractivity contribution < 1.29 is 0 Å². The van der Waals surface area contributed by atoms with Crippen LogP contribution in [-0.2, 0) is 0 Å². The van der Waals surface area contributed by atoms with Gasteiger partial charge < -0.3 is 11.1 Å². The zero-order valence-electron chi connectivity index (χ0n) is 6.58. The maximum absolute atomic E-state index is 5.36. The first-order chi connectivity index (χ1) is 5.34. The molecule has 0 saturated heterocycles. The van der Waals surface area contributed by atoms with Crippen LogP contribution in [0.2, 0.25) is 0 Å². The first kappa shape index (κ1) is 8.64. The molecule has 11 heavy (non-hydrogen) atoms. The smallest absolute Gasteiger partial charge is 0.0794 e. The van der Waals surface area contributed by atoms with Crippen LogP contribution in [0.5, 0.6) is 0 Å². The van der Waals surface area contributed by atoms with Crippen molar-refractivity contribution in [2.45, 2.75) is 13.0 Å². The fourth-order valence-electron chi connectivity index (χ4n) is 0.840. The highest BCUT2D eigenvalue weighted by Gasteiger charge is 2.03. The Labute approximate surface area is 70.6 Å². The molecule has 0 saturated carbocycles. The molecule has 3 N–H and O–H groups in total. The normalized spacial score (nSPS) is 13.3. The monoisotopic (exact) mass is 171 g/mol. The first-order valence-corrected chi connectivity index (χ1v) is 4.54. The summed E-state index contributed by atoms with van der Waals surface area (Å²) >= 11 is 1.67. The fourth-order valence-corrected chi connectivity index (χ4v) is 1.49. The fraction of sp³-hybridized carbons (Fsp3) is 0.571. The third kappa shape index (κ3) is 2.57. The van der Waals surface area contributed by atoms with Gasteiger partial charge in [0.2, 0.25) is 0 Å². The molecule has 0 radical (unpaired) electrons. The summed E-state index contributed by atoms with van der Waals surface area (Å²) in [5, 5.41) is 3.28. The van der Waals surface area contributed by atoms with E-state index in [1.165, 1.54) is 4.88 Å². The molecule has 0 aliphatic carbocycles. The summed E-state index contributed by atoms with van der Waals surface area (Å²) in [4.78, 5) is 5.26. The Hall–Kier alpha value is -0.450. The van der Waals surface area contributed by atoms with Gasteiger partial charge in [-0.2, -0.15) is 0 Å². The Morgan fingerprint density at radius 1 is 1.82 bits per heavy atom. The number of thiazole rings is 1. The molecule has 0 aliphatic rings. The van der Waals surface area contributed by atoms with Crippen LogP contribution in [0.4, 0.5) is 0 Å². The molecule has 0 aliphatic heterocycles. The van der Waals surface area contributed by atoms with E-state index in [4.69, 9.17) is 5.73 Å². The van der Waals surface area contributed by atoms with Crippen molar-refractivity contribution in [1.29, 1.82) is 0 Å². The minimum Gasteiger partial charge on any atom is -0.329 e. The summed E-state index contributed by atoms with van der Waals surface area (Å²) in [6.07, 6.45) is 1.89. The van der Waals surface area contributed by atoms with Gasteiger partial charge in [-0.05, 0) is 6.92 Å². The summed E-state index contributed by atoms with van der Waals surface area (Å²) in [7, 11) is 0. The number of nitrogens with zero attached hydrogens (tertiary/aromatic N) is 1. The lowest BCUT2D eigenvalue weighted by molar-refractivity contribution is 0.589. The summed E-state index contributed by atoms with van der Waals surface area (Å²) in [5.41, 5.74) is 7.20. The predicted molar refractivity (Wildman–Crippen MR) is 47.6 cm³/mol. The van der Waals surface area contributed by atoms with Gasteiger partial charge >= 0.3 is 0 Å². The summed E-state index contributed by atoms with van der Waals surface area (Å²) in [6, 6.07) is 0.381. The standard InChI is InChI=1S/C7H13N3S/c1-6(10-3-2-8)7-4-9-5-11-7/h4-6,10H,2-3,8H2,1H3. The quantitative estimate of drug-likeness (QED) is 0.703. The average molecular weight is 171 g/mol. The highest BCUT2D eigenvalue weighted by atomic mass is 32.1. The molecule has 1 unspecified atom stereocenters. The maximum Gasteiger partial charge on any atom is 0.0794 e. The third-order valence-electron chi connectivity index (χ3n) is 1.47. The number of hydrogen-bond donors (Lipinski definition) is 2. The largest absolute Gasteiger partial charge is 0.329 e. The van der Waals surface area contributed by atoms with E-state index in [1.54, 1.807) is 11.3 Å². The minimum absolute atomic E-state index is 0.381. The number of nitrogens with two attached hydrogens (primary N) is 1. The van der Waals surface area contributed by atoms with Crippen LogP contribution in [-0.4, -0.2) is 18.1 Å². The Balaban J connectivity index is 2.36. The van der Waals surface area contributed by atoms with Gasteiger partial charge in [0.1, 0.15) is 0 Å². The molecule has 0 amide bonds. The van der Waals surface area contributed by atoms with Crippen LogP contribution < -0.4 is 11.1 Å². The lowest BCUT2D eigenvalue weighted by Crippen LogP contribution is -2.24. The predicted octanol–water partition coefficient (Wildman–Crippen LogP) is 0.752. The van der Waals surface area contributed by atoms with E-state index >= 15 is 0 Å². The molecule has 1 rings (SSSR count). The van der Waals surface area contributed by atoms with Crippen molar-refractivity contribution in [2.75, 3.05) is 13.1 Å². The van der Waals surface area contributed by atoms with Gasteiger partial charge in [-0.15, -0.1) is 11.3 Å². The van der Waals surface area contributed by atoms with Gasteiger partial charge in [-0.1, -0.05) is 0 Å². The van der Waals surface area contributed by atoms with Crippen LogP contribution in [0.1, 0.15) is 17.8 Å². The molecule has 1 aromatic rings. The highest BCUT2D eigenvalue weighted by Crippen LogP contribution is 2.15. The van der Waals surface area contributed by atoms with Crippen molar-refractivity contribution in [1.82, 2.24) is 10.3 Å². The molecular weight excluding hydrogens is 158 g/mol. The zero-order valence-corrected chi connectivity index (χ0v) is 7.40. The number of nitrogens with one attached hydrogen (secondary N) is 1. The number of hydrogen-bond acceptors (Lipinski definition) is 4. The molecule has 0 spiro atoms. The van der Waals surface area contributed by atoms with E-state index < -0.39 is 0 Å². The van der Waals surface area contributed by atoms with E-state index in [2.05, 4.69) is 17.2 Å². The topological polar surface area (TPSA) is 50.9 Å². The van der Waals surface area contributed by atoms with E-state index in [9.17, 15) is 0 Å². The molecule has 3 nitrogen and oxygen atoms in total. The summed E-state index contributed by atoms with van der Waals surface area (Å²) < 4.78 is 0. The molecular formula is C7H13N3S. The molecule has 4 heteroatoms. The van der Waals surface area contributed by atoms with Crippen LogP contribution >= 0.6 is 11.3 Å². The van der Waals surface area contributed by atoms with E-state index in [-0.39, 0.29) is 0 Å². The molecule has 0 fully saturated rings. The first-order valence-electron chi connectivity index (χ1n) is 3.66. The van der Waals surface area contributed by atoms with Gasteiger partial charge in [-0.25, -0.2) is 0 Å². The van der Waals surface area contributed by atoms with Crippen LogP contribution in [0.25, 0.3) is 0 Å². The van der Waals surface area contributed by atoms with Crippen LogP contribution in [0, 0.1) is 0 Å². The van der Waals surface area contributed by atoms with Crippen LogP contribution in [0.3, 0.4) is 0 Å². The summed E-state index contributed by atoms with van der Waals surface area (Å²) in [5.74, 6) is 0. The van der Waals surface area contributed by atoms with Gasteiger partial charge in [-0.3, -0.25) is 4.98 Å².